The zero-order valence-corrected chi connectivity index (χ0v) is 21.7. The van der Waals surface area contributed by atoms with Gasteiger partial charge in [-0.2, -0.15) is 13.2 Å². The van der Waals surface area contributed by atoms with Gasteiger partial charge in [-0.25, -0.2) is 8.42 Å². The van der Waals surface area contributed by atoms with Gasteiger partial charge in [0, 0.05) is 12.1 Å². The van der Waals surface area contributed by atoms with E-state index in [4.69, 9.17) is 13.0 Å². The van der Waals surface area contributed by atoms with Crippen LogP contribution in [-0.2, 0) is 10.1 Å². The van der Waals surface area contributed by atoms with Crippen LogP contribution in [0.25, 0.3) is 21.5 Å². The van der Waals surface area contributed by atoms with Crippen molar-refractivity contribution in [2.24, 2.45) is 0 Å². The second-order valence-corrected chi connectivity index (χ2v) is 11.0. The molecule has 0 spiro atoms. The minimum absolute atomic E-state index is 0.309. The third-order valence-corrected chi connectivity index (χ3v) is 8.14. The largest absolute Gasteiger partial charge is 0.741 e. The molecule has 0 unspecified atom stereocenters. The first-order valence-corrected chi connectivity index (χ1v) is 13.6. The summed E-state index contributed by atoms with van der Waals surface area (Å²) in [6, 6.07) is 31.2. The van der Waals surface area contributed by atoms with Crippen LogP contribution < -0.4 is 0 Å². The van der Waals surface area contributed by atoms with Crippen molar-refractivity contribution in [1.29, 1.82) is 0 Å². The molecule has 1 aliphatic rings. The van der Waals surface area contributed by atoms with E-state index in [0.29, 0.717) is 12.1 Å². The van der Waals surface area contributed by atoms with E-state index >= 15 is 0 Å². The molecule has 0 saturated carbocycles. The summed E-state index contributed by atoms with van der Waals surface area (Å²) in [5, 5.41) is 5.29. The summed E-state index contributed by atoms with van der Waals surface area (Å²) in [6.07, 6.45) is 4.46. The van der Waals surface area contributed by atoms with Crippen molar-refractivity contribution in [1.82, 2.24) is 9.34 Å². The molecule has 5 nitrogen and oxygen atoms in total. The number of nitrogens with zero attached hydrogens (tertiary/aromatic N) is 2. The number of fused-ring (bicyclic) bond motifs is 2. The number of alkyl halides is 3. The molecule has 37 heavy (non-hydrogen) atoms. The van der Waals surface area contributed by atoms with E-state index < -0.39 is 15.6 Å². The molecule has 0 saturated heterocycles. The van der Waals surface area contributed by atoms with Gasteiger partial charge in [-0.05, 0) is 58.9 Å². The maximum Gasteiger partial charge on any atom is 0.485 e. The molecule has 4 aromatic carbocycles. The maximum absolute atomic E-state index is 10.7. The lowest BCUT2D eigenvalue weighted by atomic mass is 10.00. The molecule has 0 N–H and O–H groups in total. The molecule has 0 bridgehead atoms. The first-order chi connectivity index (χ1) is 17.5. The van der Waals surface area contributed by atoms with Gasteiger partial charge in [0.05, 0.1) is 0 Å². The zero-order chi connectivity index (χ0) is 26.8. The molecule has 0 amide bonds. The molecule has 2 atom stereocenters. The highest BCUT2D eigenvalue weighted by Crippen LogP contribution is 2.45. The Hall–Kier alpha value is -3.13. The summed E-state index contributed by atoms with van der Waals surface area (Å²) < 4.78 is 63.7. The van der Waals surface area contributed by atoms with Crippen LogP contribution in [0.4, 0.5) is 13.2 Å². The van der Waals surface area contributed by atoms with Crippen LogP contribution >= 0.6 is 8.88 Å². The highest BCUT2D eigenvalue weighted by Gasteiger charge is 2.36. The van der Waals surface area contributed by atoms with E-state index in [2.05, 4.69) is 121 Å². The van der Waals surface area contributed by atoms with Gasteiger partial charge >= 0.3 is 5.51 Å². The number of halogens is 3. The quantitative estimate of drug-likeness (QED) is 0.149. The van der Waals surface area contributed by atoms with Crippen LogP contribution in [0.3, 0.4) is 0 Å². The van der Waals surface area contributed by atoms with Crippen molar-refractivity contribution in [3.8, 4) is 0 Å². The first kappa shape index (κ1) is 26.9. The van der Waals surface area contributed by atoms with Crippen LogP contribution in [0.1, 0.15) is 37.1 Å². The lowest BCUT2D eigenvalue weighted by molar-refractivity contribution is -0.0517. The van der Waals surface area contributed by atoms with Crippen molar-refractivity contribution in [2.75, 3.05) is 0 Å². The second kappa shape index (κ2) is 10.7. The Morgan fingerprint density at radius 1 is 0.703 bits per heavy atom. The number of hydrogen-bond donors (Lipinski definition) is 0. The molecule has 0 radical (unpaired) electrons. The van der Waals surface area contributed by atoms with Gasteiger partial charge in [-0.3, -0.25) is 0 Å². The summed E-state index contributed by atoms with van der Waals surface area (Å²) >= 11 is 0. The Morgan fingerprint density at radius 2 is 1.05 bits per heavy atom. The maximum atomic E-state index is 10.7. The van der Waals surface area contributed by atoms with Crippen molar-refractivity contribution in [3.05, 3.63) is 108 Å². The molecule has 1 heterocycles. The van der Waals surface area contributed by atoms with E-state index in [1.54, 1.807) is 0 Å². The molecular formula is C27H24F3N2O3PS-2. The van der Waals surface area contributed by atoms with E-state index in [1.807, 2.05) is 0 Å². The van der Waals surface area contributed by atoms with Crippen molar-refractivity contribution in [3.63, 3.8) is 0 Å². The second-order valence-electron chi connectivity index (χ2n) is 8.54. The third kappa shape index (κ3) is 5.90. The Kier molecular flexibility index (Phi) is 7.78. The summed E-state index contributed by atoms with van der Waals surface area (Å²) in [7, 11) is -4.90. The Bertz CT molecular complexity index is 1440. The van der Waals surface area contributed by atoms with Gasteiger partial charge in [0.25, 0.3) is 0 Å². The Balaban J connectivity index is 0.000000349. The molecular weight excluding hydrogens is 520 g/mol. The van der Waals surface area contributed by atoms with E-state index in [1.165, 1.54) is 41.6 Å². The molecule has 0 fully saturated rings. The summed E-state index contributed by atoms with van der Waals surface area (Å²) in [6.45, 7) is 4.59. The standard InChI is InChI=1S/C26H24N2P.CHF3O3S/c1-19(23-15-7-11-21-9-3-5-13-25(21)23)27-17-18-28(29-27)20(2)24-16-8-12-22-10-4-6-14-26(22)24;2-1(3,4)8(5,6)7/h3-20H,1-2H3;(H,5,6,7)/q-1;/p-1/t19-,20-;/m0./s1. The molecule has 10 heteroatoms. The highest BCUT2D eigenvalue weighted by molar-refractivity contribution is 7.86. The van der Waals surface area contributed by atoms with Gasteiger partial charge < -0.3 is 22.8 Å². The predicted molar refractivity (Wildman–Crippen MR) is 140 cm³/mol. The van der Waals surface area contributed by atoms with E-state index in [0.717, 1.165) is 0 Å². The van der Waals surface area contributed by atoms with Gasteiger partial charge in [0.2, 0.25) is 0 Å². The molecule has 5 rings (SSSR count). The molecule has 0 aromatic heterocycles. The topological polar surface area (TPSA) is 63.7 Å². The Labute approximate surface area is 215 Å². The van der Waals surface area contributed by atoms with Crippen molar-refractivity contribution in [2.45, 2.75) is 31.4 Å². The lowest BCUT2D eigenvalue weighted by Gasteiger charge is -2.44. The number of hydrogen-bond acceptors (Lipinski definition) is 5. The minimum Gasteiger partial charge on any atom is -0.741 e. The first-order valence-electron chi connectivity index (χ1n) is 11.4. The van der Waals surface area contributed by atoms with Crippen LogP contribution in [0.2, 0.25) is 0 Å². The van der Waals surface area contributed by atoms with Crippen molar-refractivity contribution < 1.29 is 26.1 Å². The minimum atomic E-state index is -6.09. The predicted octanol–water partition coefficient (Wildman–Crippen LogP) is 7.73. The van der Waals surface area contributed by atoms with Gasteiger partial charge in [-0.15, -0.1) is 0 Å². The fraction of sp³-hybridized carbons (Fsp3) is 0.185. The smallest absolute Gasteiger partial charge is 0.485 e. The Morgan fingerprint density at radius 3 is 1.43 bits per heavy atom. The number of benzene rings is 4. The summed E-state index contributed by atoms with van der Waals surface area (Å²) in [5.41, 5.74) is -2.90. The normalized spacial score (nSPS) is 15.5. The van der Waals surface area contributed by atoms with E-state index in [-0.39, 0.29) is 0 Å². The number of rotatable bonds is 4. The molecule has 0 aliphatic carbocycles. The average Bonchev–Trinajstić information content (AvgIpc) is 3.37. The summed E-state index contributed by atoms with van der Waals surface area (Å²) in [5.74, 6) is 0. The van der Waals surface area contributed by atoms with E-state index in [9.17, 15) is 13.2 Å². The molecule has 194 valence electrons. The van der Waals surface area contributed by atoms with Crippen LogP contribution in [0.15, 0.2) is 97.3 Å². The van der Waals surface area contributed by atoms with Crippen LogP contribution in [0.5, 0.6) is 0 Å². The third-order valence-electron chi connectivity index (χ3n) is 6.20. The average molecular weight is 545 g/mol. The van der Waals surface area contributed by atoms with Gasteiger partial charge in [-0.1, -0.05) is 84.9 Å². The molecule has 4 aromatic rings. The zero-order valence-electron chi connectivity index (χ0n) is 20.0. The SMILES string of the molecule is C[C@@H](c1cccc2ccccc12)N1C=CN([C@@H](C)c2cccc3ccccc23)[P-]1.O=S(=O)([O-])C(F)(F)F. The van der Waals surface area contributed by atoms with Crippen molar-refractivity contribution >= 4 is 40.5 Å². The van der Waals surface area contributed by atoms with Gasteiger partial charge in [0.1, 0.15) is 0 Å². The van der Waals surface area contributed by atoms with Crippen LogP contribution in [0, 0.1) is 0 Å². The summed E-state index contributed by atoms with van der Waals surface area (Å²) in [4.78, 5) is 0. The fourth-order valence-electron chi connectivity index (χ4n) is 4.24. The highest BCUT2D eigenvalue weighted by atomic mass is 32.2. The monoisotopic (exact) mass is 544 g/mol. The fourth-order valence-corrected chi connectivity index (χ4v) is 5.28. The lowest BCUT2D eigenvalue weighted by Crippen LogP contribution is -2.21. The van der Waals surface area contributed by atoms with Gasteiger partial charge in [0.15, 0.2) is 10.1 Å². The van der Waals surface area contributed by atoms with Crippen LogP contribution in [-0.4, -0.2) is 27.8 Å². The molecule has 1 aliphatic heterocycles.